The first-order valence-corrected chi connectivity index (χ1v) is 12.2. The molecule has 3 aromatic carbocycles. The van der Waals surface area contributed by atoms with Crippen molar-refractivity contribution in [2.24, 2.45) is 0 Å². The van der Waals surface area contributed by atoms with E-state index in [-0.39, 0.29) is 11.5 Å². The number of halogens is 1. The van der Waals surface area contributed by atoms with Crippen molar-refractivity contribution in [1.82, 2.24) is 14.9 Å². The van der Waals surface area contributed by atoms with Crippen molar-refractivity contribution >= 4 is 40.2 Å². The highest BCUT2D eigenvalue weighted by atomic mass is 35.5. The van der Waals surface area contributed by atoms with E-state index in [0.717, 1.165) is 24.0 Å². The predicted octanol–water partition coefficient (Wildman–Crippen LogP) is 5.28. The molecule has 1 aliphatic rings. The van der Waals surface area contributed by atoms with Crippen molar-refractivity contribution in [3.05, 3.63) is 105 Å². The summed E-state index contributed by atoms with van der Waals surface area (Å²) in [5, 5.41) is 4.91. The predicted molar refractivity (Wildman–Crippen MR) is 133 cm³/mol. The standard InChI is InChI=1S/C26H22ClN3O2S/c27-22-7-3-1-5-19(22)16-33-26-29-23-8-4-2-6-21(23)25(32)30(26)15-17-9-11-18(12-10-17)24(31)28-20-13-14-20/h1-12,20H,13-16H2,(H,28,31). The van der Waals surface area contributed by atoms with Gasteiger partial charge in [0.05, 0.1) is 17.4 Å². The minimum absolute atomic E-state index is 0.0513. The minimum atomic E-state index is -0.0854. The van der Waals surface area contributed by atoms with E-state index in [4.69, 9.17) is 16.6 Å². The number of benzene rings is 3. The number of nitrogens with one attached hydrogen (secondary N) is 1. The van der Waals surface area contributed by atoms with E-state index in [1.165, 1.54) is 11.8 Å². The highest BCUT2D eigenvalue weighted by Gasteiger charge is 2.23. The fraction of sp³-hybridized carbons (Fsp3) is 0.192. The van der Waals surface area contributed by atoms with E-state index < -0.39 is 0 Å². The Bertz CT molecular complexity index is 1380. The Morgan fingerprint density at radius 3 is 2.52 bits per heavy atom. The molecule has 1 heterocycles. The highest BCUT2D eigenvalue weighted by molar-refractivity contribution is 7.98. The molecule has 33 heavy (non-hydrogen) atoms. The van der Waals surface area contributed by atoms with Crippen LogP contribution in [0.2, 0.25) is 5.02 Å². The first-order valence-electron chi connectivity index (χ1n) is 10.8. The molecular weight excluding hydrogens is 454 g/mol. The zero-order valence-corrected chi connectivity index (χ0v) is 19.4. The normalized spacial score (nSPS) is 13.2. The van der Waals surface area contributed by atoms with Crippen LogP contribution in [0.4, 0.5) is 0 Å². The molecule has 5 nitrogen and oxygen atoms in total. The summed E-state index contributed by atoms with van der Waals surface area (Å²) in [5.74, 6) is 0.551. The van der Waals surface area contributed by atoms with Crippen molar-refractivity contribution in [1.29, 1.82) is 0 Å². The second-order valence-electron chi connectivity index (χ2n) is 8.13. The topological polar surface area (TPSA) is 64.0 Å². The molecule has 0 radical (unpaired) electrons. The van der Waals surface area contributed by atoms with Crippen molar-refractivity contribution in [3.63, 3.8) is 0 Å². The van der Waals surface area contributed by atoms with Gasteiger partial charge in [-0.05, 0) is 54.3 Å². The third kappa shape index (κ3) is 4.97. The summed E-state index contributed by atoms with van der Waals surface area (Å²) in [7, 11) is 0. The number of nitrogens with zero attached hydrogens (tertiary/aromatic N) is 2. The Labute approximate surface area is 200 Å². The van der Waals surface area contributed by atoms with Crippen LogP contribution in [0.5, 0.6) is 0 Å². The second-order valence-corrected chi connectivity index (χ2v) is 9.48. The number of para-hydroxylation sites is 1. The molecule has 0 atom stereocenters. The lowest BCUT2D eigenvalue weighted by molar-refractivity contribution is 0.0951. The van der Waals surface area contributed by atoms with Gasteiger partial charge in [0.25, 0.3) is 11.5 Å². The van der Waals surface area contributed by atoms with E-state index in [0.29, 0.717) is 45.0 Å². The molecule has 7 heteroatoms. The lowest BCUT2D eigenvalue weighted by Gasteiger charge is -2.14. The van der Waals surface area contributed by atoms with Crippen molar-refractivity contribution < 1.29 is 4.79 Å². The molecule has 4 aromatic rings. The summed E-state index contributed by atoms with van der Waals surface area (Å²) in [5.41, 5.74) is 3.13. The number of amides is 1. The third-order valence-corrected chi connectivity index (χ3v) is 7.00. The Kier molecular flexibility index (Phi) is 6.20. The van der Waals surface area contributed by atoms with Crippen LogP contribution < -0.4 is 10.9 Å². The van der Waals surface area contributed by atoms with Gasteiger partial charge in [-0.1, -0.05) is 65.8 Å². The lowest BCUT2D eigenvalue weighted by Crippen LogP contribution is -2.25. The van der Waals surface area contributed by atoms with E-state index in [2.05, 4.69) is 5.32 Å². The molecule has 1 aromatic heterocycles. The van der Waals surface area contributed by atoms with E-state index in [1.54, 1.807) is 10.6 Å². The summed E-state index contributed by atoms with van der Waals surface area (Å²) >= 11 is 7.81. The number of fused-ring (bicyclic) bond motifs is 1. The van der Waals surface area contributed by atoms with Crippen molar-refractivity contribution in [3.8, 4) is 0 Å². The number of thioether (sulfide) groups is 1. The van der Waals surface area contributed by atoms with Gasteiger partial charge >= 0.3 is 0 Å². The summed E-state index contributed by atoms with van der Waals surface area (Å²) in [6, 6.07) is 22.8. The summed E-state index contributed by atoms with van der Waals surface area (Å²) in [6.45, 7) is 0.367. The molecule has 1 saturated carbocycles. The minimum Gasteiger partial charge on any atom is -0.349 e. The van der Waals surface area contributed by atoms with Gasteiger partial charge in [0, 0.05) is 22.4 Å². The number of aromatic nitrogens is 2. The van der Waals surface area contributed by atoms with Gasteiger partial charge in [0.1, 0.15) is 0 Å². The van der Waals surface area contributed by atoms with Crippen molar-refractivity contribution in [2.75, 3.05) is 0 Å². The molecular formula is C26H22ClN3O2S. The van der Waals surface area contributed by atoms with Crippen molar-refractivity contribution in [2.45, 2.75) is 36.3 Å². The van der Waals surface area contributed by atoms with Crippen LogP contribution in [0.25, 0.3) is 10.9 Å². The van der Waals surface area contributed by atoms with Gasteiger partial charge in [-0.2, -0.15) is 0 Å². The van der Waals surface area contributed by atoms with Crippen LogP contribution in [0.3, 0.4) is 0 Å². The van der Waals surface area contributed by atoms with Gasteiger partial charge in [-0.25, -0.2) is 4.98 Å². The molecule has 166 valence electrons. The molecule has 5 rings (SSSR count). The number of rotatable bonds is 7. The van der Waals surface area contributed by atoms with Crippen LogP contribution in [-0.2, 0) is 12.3 Å². The van der Waals surface area contributed by atoms with E-state index in [1.807, 2.05) is 66.7 Å². The van der Waals surface area contributed by atoms with Gasteiger partial charge in [0.15, 0.2) is 5.16 Å². The second kappa shape index (κ2) is 9.41. The Morgan fingerprint density at radius 1 is 1.03 bits per heavy atom. The fourth-order valence-corrected chi connectivity index (χ4v) is 4.88. The average molecular weight is 476 g/mol. The molecule has 0 saturated heterocycles. The first-order chi connectivity index (χ1) is 16.1. The maximum absolute atomic E-state index is 13.4. The first kappa shape index (κ1) is 21.7. The number of carbonyl (C=O) groups excluding carboxylic acids is 1. The average Bonchev–Trinajstić information content (AvgIpc) is 3.65. The summed E-state index contributed by atoms with van der Waals surface area (Å²) in [6.07, 6.45) is 2.10. The molecule has 1 amide bonds. The quantitative estimate of drug-likeness (QED) is 0.291. The van der Waals surface area contributed by atoms with Crippen LogP contribution in [0, 0.1) is 0 Å². The smallest absolute Gasteiger partial charge is 0.262 e. The zero-order chi connectivity index (χ0) is 22.8. The number of hydrogen-bond acceptors (Lipinski definition) is 4. The van der Waals surface area contributed by atoms with Crippen LogP contribution in [-0.4, -0.2) is 21.5 Å². The fourth-order valence-electron chi connectivity index (χ4n) is 3.60. The van der Waals surface area contributed by atoms with Gasteiger partial charge in [-0.15, -0.1) is 0 Å². The number of hydrogen-bond donors (Lipinski definition) is 1. The maximum Gasteiger partial charge on any atom is 0.262 e. The molecule has 0 aliphatic heterocycles. The summed E-state index contributed by atoms with van der Waals surface area (Å²) in [4.78, 5) is 30.4. The van der Waals surface area contributed by atoms with Crippen LogP contribution in [0.1, 0.15) is 34.3 Å². The molecule has 0 bridgehead atoms. The molecule has 0 unspecified atom stereocenters. The van der Waals surface area contributed by atoms with Gasteiger partial charge in [0.2, 0.25) is 0 Å². The zero-order valence-electron chi connectivity index (χ0n) is 17.8. The molecule has 0 spiro atoms. The third-order valence-electron chi connectivity index (χ3n) is 5.61. The monoisotopic (exact) mass is 475 g/mol. The van der Waals surface area contributed by atoms with E-state index in [9.17, 15) is 9.59 Å². The molecule has 1 fully saturated rings. The highest BCUT2D eigenvalue weighted by Crippen LogP contribution is 2.26. The SMILES string of the molecule is O=C(NC1CC1)c1ccc(Cn2c(SCc3ccccc3Cl)nc3ccccc3c2=O)cc1. The summed E-state index contributed by atoms with van der Waals surface area (Å²) < 4.78 is 1.70. The Hall–Kier alpha value is -3.09. The largest absolute Gasteiger partial charge is 0.349 e. The van der Waals surface area contributed by atoms with Crippen LogP contribution >= 0.6 is 23.4 Å². The van der Waals surface area contributed by atoms with E-state index >= 15 is 0 Å². The van der Waals surface area contributed by atoms with Gasteiger partial charge in [-0.3, -0.25) is 14.2 Å². The van der Waals surface area contributed by atoms with Gasteiger partial charge < -0.3 is 5.32 Å². The Balaban J connectivity index is 1.44. The Morgan fingerprint density at radius 2 is 1.76 bits per heavy atom. The molecule has 1 aliphatic carbocycles. The van der Waals surface area contributed by atoms with Crippen LogP contribution in [0.15, 0.2) is 82.7 Å². The number of carbonyl (C=O) groups is 1. The lowest BCUT2D eigenvalue weighted by atomic mass is 10.1. The maximum atomic E-state index is 13.4. The molecule has 1 N–H and O–H groups in total.